The molecule has 0 saturated heterocycles. The number of para-hydroxylation sites is 1. The van der Waals surface area contributed by atoms with Gasteiger partial charge in [-0.15, -0.1) is 0 Å². The number of aromatic hydroxyl groups is 2. The third-order valence-corrected chi connectivity index (χ3v) is 6.01. The molecule has 0 atom stereocenters. The standard InChI is InChI=1S/C15H15N3O4.C13H9FN4O6/c1-9-4-3-5-10(2)14(9)17-15(20)16-12-7-6-11(18(21)22)8-13(12)19;14-9-3-1-7(17(21)22)5-11(9)16-13(20)15-10-4-2-8(18(23)24)6-12(10)19/h3-8,19H,1-2H3,(H2,16,17,20);1-6,19H,(H2,15,16,20). The Labute approximate surface area is 257 Å². The van der Waals surface area contributed by atoms with Crippen molar-refractivity contribution in [2.45, 2.75) is 13.8 Å². The molecule has 0 bridgehead atoms. The zero-order valence-electron chi connectivity index (χ0n) is 23.8. The second kappa shape index (κ2) is 14.6. The molecule has 17 nitrogen and oxygen atoms in total. The molecule has 0 aliphatic heterocycles. The molecule has 238 valence electrons. The molecule has 4 rings (SSSR count). The van der Waals surface area contributed by atoms with Crippen molar-refractivity contribution in [2.75, 3.05) is 21.3 Å². The lowest BCUT2D eigenvalue weighted by atomic mass is 10.1. The molecule has 0 aliphatic rings. The Morgan fingerprint density at radius 1 is 0.609 bits per heavy atom. The Kier molecular flexibility index (Phi) is 10.6. The largest absolute Gasteiger partial charge is 0.506 e. The summed E-state index contributed by atoms with van der Waals surface area (Å²) < 4.78 is 13.6. The van der Waals surface area contributed by atoms with Crippen molar-refractivity contribution >= 4 is 51.9 Å². The molecule has 18 heteroatoms. The van der Waals surface area contributed by atoms with Gasteiger partial charge in [0.1, 0.15) is 17.3 Å². The van der Waals surface area contributed by atoms with Gasteiger partial charge in [0.25, 0.3) is 17.1 Å². The van der Waals surface area contributed by atoms with Gasteiger partial charge in [0.2, 0.25) is 0 Å². The number of hydrogen-bond acceptors (Lipinski definition) is 10. The van der Waals surface area contributed by atoms with Gasteiger partial charge in [-0.05, 0) is 43.2 Å². The first kappa shape index (κ1) is 33.6. The molecule has 0 saturated carbocycles. The van der Waals surface area contributed by atoms with Crippen LogP contribution in [-0.2, 0) is 0 Å². The van der Waals surface area contributed by atoms with Gasteiger partial charge in [-0.1, -0.05) is 18.2 Å². The first-order valence-electron chi connectivity index (χ1n) is 12.8. The summed E-state index contributed by atoms with van der Waals surface area (Å²) in [6.07, 6.45) is 0. The first-order valence-corrected chi connectivity index (χ1v) is 12.8. The molecule has 4 aromatic rings. The zero-order valence-corrected chi connectivity index (χ0v) is 23.8. The molecule has 0 aliphatic carbocycles. The molecule has 0 spiro atoms. The van der Waals surface area contributed by atoms with Crippen molar-refractivity contribution in [1.29, 1.82) is 0 Å². The summed E-state index contributed by atoms with van der Waals surface area (Å²) in [7, 11) is 0. The normalized spacial score (nSPS) is 10.1. The number of nitrogens with zero attached hydrogens (tertiary/aromatic N) is 3. The topological polar surface area (TPSA) is 252 Å². The van der Waals surface area contributed by atoms with E-state index in [1.54, 1.807) is 0 Å². The molecule has 4 aromatic carbocycles. The van der Waals surface area contributed by atoms with Gasteiger partial charge >= 0.3 is 12.1 Å². The maximum absolute atomic E-state index is 13.6. The zero-order chi connectivity index (χ0) is 34.1. The Morgan fingerprint density at radius 2 is 1.00 bits per heavy atom. The quantitative estimate of drug-likeness (QED) is 0.0723. The fraction of sp³-hybridized carbons (Fsp3) is 0.0714. The molecule has 46 heavy (non-hydrogen) atoms. The number of aryl methyl sites for hydroxylation is 2. The van der Waals surface area contributed by atoms with Gasteiger partial charge < -0.3 is 31.5 Å². The lowest BCUT2D eigenvalue weighted by Crippen LogP contribution is -2.20. The van der Waals surface area contributed by atoms with Crippen LogP contribution in [0.15, 0.2) is 72.8 Å². The van der Waals surface area contributed by atoms with Gasteiger partial charge in [-0.2, -0.15) is 0 Å². The molecular weight excluding hydrogens is 613 g/mol. The maximum atomic E-state index is 13.6. The number of non-ortho nitro benzene ring substituents is 3. The first-order chi connectivity index (χ1) is 21.7. The van der Waals surface area contributed by atoms with E-state index in [9.17, 15) is 54.5 Å². The molecule has 0 radical (unpaired) electrons. The van der Waals surface area contributed by atoms with Crippen LogP contribution in [0.25, 0.3) is 0 Å². The van der Waals surface area contributed by atoms with Crippen LogP contribution in [0.5, 0.6) is 11.5 Å². The van der Waals surface area contributed by atoms with Crippen molar-refractivity contribution in [3.05, 3.63) is 120 Å². The molecular formula is C28H24FN7O10. The number of halogens is 1. The predicted molar refractivity (Wildman–Crippen MR) is 164 cm³/mol. The lowest BCUT2D eigenvalue weighted by Gasteiger charge is -2.13. The monoisotopic (exact) mass is 637 g/mol. The van der Waals surface area contributed by atoms with Crippen LogP contribution in [0, 0.1) is 50.0 Å². The van der Waals surface area contributed by atoms with E-state index in [0.29, 0.717) is 5.69 Å². The van der Waals surface area contributed by atoms with E-state index in [2.05, 4.69) is 16.0 Å². The summed E-state index contributed by atoms with van der Waals surface area (Å²) >= 11 is 0. The third kappa shape index (κ3) is 8.83. The number of anilines is 4. The number of nitrogens with one attached hydrogen (secondary N) is 4. The number of urea groups is 2. The summed E-state index contributed by atoms with van der Waals surface area (Å²) in [5.74, 6) is -1.84. The predicted octanol–water partition coefficient (Wildman–Crippen LogP) is 6.55. The number of benzene rings is 4. The van der Waals surface area contributed by atoms with E-state index in [1.165, 1.54) is 12.1 Å². The molecule has 0 fully saturated rings. The second-order valence-electron chi connectivity index (χ2n) is 9.26. The summed E-state index contributed by atoms with van der Waals surface area (Å²) in [5, 5.41) is 60.5. The van der Waals surface area contributed by atoms with Gasteiger partial charge in [0.05, 0.1) is 44.0 Å². The van der Waals surface area contributed by atoms with Crippen LogP contribution in [0.1, 0.15) is 11.1 Å². The van der Waals surface area contributed by atoms with E-state index < -0.39 is 49.8 Å². The van der Waals surface area contributed by atoms with E-state index in [4.69, 9.17) is 0 Å². The van der Waals surface area contributed by atoms with Gasteiger partial charge in [-0.3, -0.25) is 30.3 Å². The summed E-state index contributed by atoms with van der Waals surface area (Å²) in [6.45, 7) is 3.73. The molecule has 0 heterocycles. The molecule has 6 N–H and O–H groups in total. The van der Waals surface area contributed by atoms with Crippen LogP contribution in [0.3, 0.4) is 0 Å². The maximum Gasteiger partial charge on any atom is 0.323 e. The number of amides is 4. The second-order valence-corrected chi connectivity index (χ2v) is 9.26. The minimum absolute atomic E-state index is 0.0920. The Hall–Kier alpha value is -6.85. The lowest BCUT2D eigenvalue weighted by molar-refractivity contribution is -0.385. The Morgan fingerprint density at radius 3 is 1.43 bits per heavy atom. The number of carbonyl (C=O) groups excluding carboxylic acids is 2. The van der Waals surface area contributed by atoms with Crippen molar-refractivity contribution in [3.63, 3.8) is 0 Å². The van der Waals surface area contributed by atoms with E-state index in [-0.39, 0.29) is 28.5 Å². The highest BCUT2D eigenvalue weighted by Crippen LogP contribution is 2.30. The molecule has 0 aromatic heterocycles. The number of rotatable bonds is 7. The average molecular weight is 638 g/mol. The summed E-state index contributed by atoms with van der Waals surface area (Å²) in [4.78, 5) is 53.4. The van der Waals surface area contributed by atoms with Crippen molar-refractivity contribution in [3.8, 4) is 11.5 Å². The van der Waals surface area contributed by atoms with E-state index in [0.717, 1.165) is 53.6 Å². The van der Waals surface area contributed by atoms with Crippen LogP contribution in [0.4, 0.5) is 53.8 Å². The number of nitro groups is 3. The minimum atomic E-state index is -1.00. The molecule has 0 unspecified atom stereocenters. The summed E-state index contributed by atoms with van der Waals surface area (Å²) in [6, 6.07) is 13.1. The minimum Gasteiger partial charge on any atom is -0.506 e. The van der Waals surface area contributed by atoms with Gasteiger partial charge in [0, 0.05) is 30.0 Å². The Balaban J connectivity index is 0.000000251. The van der Waals surface area contributed by atoms with Gasteiger partial charge in [0.15, 0.2) is 0 Å². The van der Waals surface area contributed by atoms with Gasteiger partial charge in [-0.25, -0.2) is 14.0 Å². The van der Waals surface area contributed by atoms with Crippen LogP contribution >= 0.6 is 0 Å². The highest BCUT2D eigenvalue weighted by Gasteiger charge is 2.16. The Bertz CT molecular complexity index is 1830. The number of phenols is 2. The fourth-order valence-electron chi connectivity index (χ4n) is 3.76. The number of phenolic OH excluding ortho intramolecular Hbond substituents is 2. The third-order valence-electron chi connectivity index (χ3n) is 6.01. The van der Waals surface area contributed by atoms with E-state index in [1.807, 2.05) is 37.4 Å². The van der Waals surface area contributed by atoms with Crippen LogP contribution in [-0.4, -0.2) is 37.0 Å². The van der Waals surface area contributed by atoms with Crippen LogP contribution in [0.2, 0.25) is 0 Å². The number of carbonyl (C=O) groups is 2. The average Bonchev–Trinajstić information content (AvgIpc) is 2.98. The molecule has 4 amide bonds. The van der Waals surface area contributed by atoms with Crippen LogP contribution < -0.4 is 21.3 Å². The van der Waals surface area contributed by atoms with Crippen molar-refractivity contribution in [1.82, 2.24) is 0 Å². The fourth-order valence-corrected chi connectivity index (χ4v) is 3.76. The summed E-state index contributed by atoms with van der Waals surface area (Å²) in [5.41, 5.74) is 0.917. The van der Waals surface area contributed by atoms with Crippen molar-refractivity contribution in [2.24, 2.45) is 0 Å². The highest BCUT2D eigenvalue weighted by atomic mass is 19.1. The number of hydrogen-bond donors (Lipinski definition) is 6. The van der Waals surface area contributed by atoms with Crippen molar-refractivity contribution < 1.29 is 39.0 Å². The smallest absolute Gasteiger partial charge is 0.323 e. The highest BCUT2D eigenvalue weighted by molar-refractivity contribution is 6.02. The number of nitro benzene ring substituents is 3. The SMILES string of the molecule is Cc1cccc(C)c1NC(=O)Nc1ccc([N+](=O)[O-])cc1O.O=C(Nc1ccc([N+](=O)[O-])cc1O)Nc1cc([N+](=O)[O-])ccc1F. The van der Waals surface area contributed by atoms with E-state index >= 15 is 0 Å².